The summed E-state index contributed by atoms with van der Waals surface area (Å²) in [6.07, 6.45) is 2.35. The van der Waals surface area contributed by atoms with Crippen LogP contribution < -0.4 is 20.1 Å². The van der Waals surface area contributed by atoms with E-state index in [9.17, 15) is 9.59 Å². The number of esters is 1. The van der Waals surface area contributed by atoms with Gasteiger partial charge in [0.1, 0.15) is 0 Å². The molecule has 0 spiro atoms. The average Bonchev–Trinajstić information content (AvgIpc) is 2.81. The lowest BCUT2D eigenvalue weighted by Gasteiger charge is -2.13. The molecule has 0 aromatic heterocycles. The Morgan fingerprint density at radius 1 is 1.00 bits per heavy atom. The number of thiocarbonyl (C=S) groups is 1. The Bertz CT molecular complexity index is 940. The molecule has 2 aromatic carbocycles. The highest BCUT2D eigenvalue weighted by Crippen LogP contribution is 2.32. The zero-order valence-electron chi connectivity index (χ0n) is 18.8. The second-order valence-corrected chi connectivity index (χ2v) is 8.01. The Labute approximate surface area is 204 Å². The lowest BCUT2D eigenvalue weighted by Crippen LogP contribution is -2.38. The maximum absolute atomic E-state index is 12.1. The van der Waals surface area contributed by atoms with E-state index in [2.05, 4.69) is 10.6 Å². The number of methoxy groups -OCH3 is 2. The largest absolute Gasteiger partial charge is 0.493 e. The van der Waals surface area contributed by atoms with Crippen molar-refractivity contribution < 1.29 is 23.8 Å². The van der Waals surface area contributed by atoms with E-state index in [1.165, 1.54) is 19.8 Å². The number of benzene rings is 2. The standard InChI is InChI=1S/C24H29ClN2O5S/c1-30-20-14-18(19(25)15-21(20)31-2)16-26-24(33)27-22(28)11-6-12-23(29)32-13-7-10-17-8-4-3-5-9-17/h3-5,8-9,14-15H,6-7,10-13,16H2,1-2H3,(H2,26,27,28,33). The van der Waals surface area contributed by atoms with Crippen LogP contribution in [0, 0.1) is 0 Å². The lowest BCUT2D eigenvalue weighted by atomic mass is 10.1. The summed E-state index contributed by atoms with van der Waals surface area (Å²) in [6, 6.07) is 13.4. The van der Waals surface area contributed by atoms with Gasteiger partial charge in [-0.15, -0.1) is 0 Å². The van der Waals surface area contributed by atoms with E-state index in [-0.39, 0.29) is 29.8 Å². The van der Waals surface area contributed by atoms with Gasteiger partial charge in [0.15, 0.2) is 16.6 Å². The average molecular weight is 493 g/mol. The quantitative estimate of drug-likeness (QED) is 0.261. The summed E-state index contributed by atoms with van der Waals surface area (Å²) in [5, 5.41) is 6.19. The van der Waals surface area contributed by atoms with Gasteiger partial charge in [0.2, 0.25) is 5.91 Å². The monoisotopic (exact) mass is 492 g/mol. The van der Waals surface area contributed by atoms with Gasteiger partial charge >= 0.3 is 5.97 Å². The van der Waals surface area contributed by atoms with Crippen molar-refractivity contribution in [1.82, 2.24) is 10.6 Å². The molecule has 0 fully saturated rings. The van der Waals surface area contributed by atoms with Crippen LogP contribution in [0.5, 0.6) is 11.5 Å². The molecule has 0 aliphatic rings. The normalized spacial score (nSPS) is 10.3. The fourth-order valence-corrected chi connectivity index (χ4v) is 3.42. The number of rotatable bonds is 12. The summed E-state index contributed by atoms with van der Waals surface area (Å²) in [5.41, 5.74) is 1.95. The smallest absolute Gasteiger partial charge is 0.305 e. The Morgan fingerprint density at radius 2 is 1.70 bits per heavy atom. The summed E-state index contributed by atoms with van der Waals surface area (Å²) >= 11 is 11.4. The van der Waals surface area contributed by atoms with Crippen molar-refractivity contribution in [2.45, 2.75) is 38.6 Å². The number of halogens is 1. The first-order chi connectivity index (χ1) is 15.9. The van der Waals surface area contributed by atoms with Gasteiger partial charge in [-0.25, -0.2) is 0 Å². The Kier molecular flexibility index (Phi) is 11.5. The van der Waals surface area contributed by atoms with Gasteiger partial charge in [-0.1, -0.05) is 41.9 Å². The van der Waals surface area contributed by atoms with E-state index in [1.54, 1.807) is 12.1 Å². The Balaban J connectivity index is 1.61. The third kappa shape index (κ3) is 9.67. The van der Waals surface area contributed by atoms with Crippen LogP contribution in [0.25, 0.3) is 0 Å². The number of aryl methyl sites for hydroxylation is 1. The predicted molar refractivity (Wildman–Crippen MR) is 132 cm³/mol. The van der Waals surface area contributed by atoms with E-state index < -0.39 is 0 Å². The number of ether oxygens (including phenoxy) is 3. The highest BCUT2D eigenvalue weighted by atomic mass is 35.5. The molecule has 0 radical (unpaired) electrons. The van der Waals surface area contributed by atoms with Gasteiger partial charge in [-0.3, -0.25) is 9.59 Å². The fourth-order valence-electron chi connectivity index (χ4n) is 3.01. The minimum atomic E-state index is -0.306. The number of hydrogen-bond donors (Lipinski definition) is 2. The van der Waals surface area contributed by atoms with Crippen LogP contribution in [0.4, 0.5) is 0 Å². The SMILES string of the molecule is COc1cc(Cl)c(CNC(=S)NC(=O)CCCC(=O)OCCCc2ccccc2)cc1OC. The zero-order chi connectivity index (χ0) is 24.1. The Morgan fingerprint density at radius 3 is 2.39 bits per heavy atom. The van der Waals surface area contributed by atoms with Gasteiger partial charge in [0.25, 0.3) is 0 Å². The molecule has 0 heterocycles. The van der Waals surface area contributed by atoms with Crippen molar-refractivity contribution >= 4 is 40.8 Å². The van der Waals surface area contributed by atoms with Gasteiger partial charge in [0.05, 0.1) is 20.8 Å². The predicted octanol–water partition coefficient (Wildman–Crippen LogP) is 4.19. The molecule has 2 rings (SSSR count). The number of carbonyl (C=O) groups is 2. The zero-order valence-corrected chi connectivity index (χ0v) is 20.4. The first-order valence-corrected chi connectivity index (χ1v) is 11.4. The molecule has 0 atom stereocenters. The molecular formula is C24H29ClN2O5S. The molecule has 2 N–H and O–H groups in total. The molecule has 2 aromatic rings. The second kappa shape index (κ2) is 14.3. The van der Waals surface area contributed by atoms with E-state index in [4.69, 9.17) is 38.0 Å². The van der Waals surface area contributed by atoms with E-state index in [0.717, 1.165) is 18.4 Å². The number of hydrogen-bond acceptors (Lipinski definition) is 6. The molecule has 0 bridgehead atoms. The minimum Gasteiger partial charge on any atom is -0.493 e. The van der Waals surface area contributed by atoms with Gasteiger partial charge < -0.3 is 24.8 Å². The van der Waals surface area contributed by atoms with Crippen molar-refractivity contribution in [3.05, 3.63) is 58.6 Å². The van der Waals surface area contributed by atoms with E-state index in [0.29, 0.717) is 36.1 Å². The molecule has 0 aliphatic carbocycles. The fraction of sp³-hybridized carbons (Fsp3) is 0.375. The first-order valence-electron chi connectivity index (χ1n) is 10.6. The topological polar surface area (TPSA) is 85.9 Å². The minimum absolute atomic E-state index is 0.165. The third-order valence-corrected chi connectivity index (χ3v) is 5.34. The van der Waals surface area contributed by atoms with Crippen LogP contribution in [0.2, 0.25) is 5.02 Å². The summed E-state index contributed by atoms with van der Waals surface area (Å²) in [7, 11) is 3.07. The Hall–Kier alpha value is -2.84. The van der Waals surface area contributed by atoms with Crippen LogP contribution >= 0.6 is 23.8 Å². The van der Waals surface area contributed by atoms with Crippen LogP contribution in [-0.2, 0) is 27.3 Å². The molecule has 178 valence electrons. The van der Waals surface area contributed by atoms with Crippen molar-refractivity contribution in [3.8, 4) is 11.5 Å². The van der Waals surface area contributed by atoms with Gasteiger partial charge in [-0.05, 0) is 48.7 Å². The van der Waals surface area contributed by atoms with Crippen molar-refractivity contribution in [1.29, 1.82) is 0 Å². The molecular weight excluding hydrogens is 464 g/mol. The number of amides is 1. The number of nitrogens with one attached hydrogen (secondary N) is 2. The lowest BCUT2D eigenvalue weighted by molar-refractivity contribution is -0.143. The summed E-state index contributed by atoms with van der Waals surface area (Å²) < 4.78 is 15.7. The van der Waals surface area contributed by atoms with Crippen LogP contribution in [-0.4, -0.2) is 37.8 Å². The van der Waals surface area contributed by atoms with Crippen molar-refractivity contribution in [3.63, 3.8) is 0 Å². The summed E-state index contributed by atoms with van der Waals surface area (Å²) in [6.45, 7) is 0.667. The van der Waals surface area contributed by atoms with Crippen LogP contribution in [0.1, 0.15) is 36.8 Å². The second-order valence-electron chi connectivity index (χ2n) is 7.19. The third-order valence-electron chi connectivity index (χ3n) is 4.75. The summed E-state index contributed by atoms with van der Waals surface area (Å²) in [4.78, 5) is 23.9. The molecule has 0 saturated heterocycles. The molecule has 0 unspecified atom stereocenters. The molecule has 7 nitrogen and oxygen atoms in total. The van der Waals surface area contributed by atoms with E-state index in [1.807, 2.05) is 30.3 Å². The molecule has 0 aliphatic heterocycles. The van der Waals surface area contributed by atoms with Crippen LogP contribution in [0.3, 0.4) is 0 Å². The first kappa shape index (κ1) is 26.4. The molecule has 33 heavy (non-hydrogen) atoms. The highest BCUT2D eigenvalue weighted by molar-refractivity contribution is 7.80. The molecule has 0 saturated carbocycles. The number of carbonyl (C=O) groups excluding carboxylic acids is 2. The van der Waals surface area contributed by atoms with Gasteiger partial charge in [0, 0.05) is 30.5 Å². The maximum Gasteiger partial charge on any atom is 0.305 e. The van der Waals surface area contributed by atoms with Crippen molar-refractivity contribution in [2.24, 2.45) is 0 Å². The molecule has 1 amide bonds. The van der Waals surface area contributed by atoms with Gasteiger partial charge in [-0.2, -0.15) is 0 Å². The maximum atomic E-state index is 12.1. The van der Waals surface area contributed by atoms with Crippen molar-refractivity contribution in [2.75, 3.05) is 20.8 Å². The highest BCUT2D eigenvalue weighted by Gasteiger charge is 2.12. The van der Waals surface area contributed by atoms with E-state index >= 15 is 0 Å². The van der Waals surface area contributed by atoms with Crippen LogP contribution in [0.15, 0.2) is 42.5 Å². The summed E-state index contributed by atoms with van der Waals surface area (Å²) in [5.74, 6) is 0.486. The molecule has 9 heteroatoms.